The number of halogens is 3. The molecule has 0 bridgehead atoms. The lowest BCUT2D eigenvalue weighted by atomic mass is 10.0. The Balaban J connectivity index is 1.54. The van der Waals surface area contributed by atoms with Crippen molar-refractivity contribution in [2.75, 3.05) is 32.6 Å². The minimum atomic E-state index is -4.71. The van der Waals surface area contributed by atoms with Gasteiger partial charge in [0.05, 0.1) is 12.8 Å². The fourth-order valence-electron chi connectivity index (χ4n) is 3.97. The van der Waals surface area contributed by atoms with E-state index < -0.39 is 17.6 Å². The van der Waals surface area contributed by atoms with Gasteiger partial charge in [0.1, 0.15) is 17.1 Å². The number of anilines is 2. The Morgan fingerprint density at radius 2 is 1.89 bits per heavy atom. The maximum Gasteiger partial charge on any atom is 0.423 e. The van der Waals surface area contributed by atoms with Crippen LogP contribution in [-0.2, 0) is 6.18 Å². The molecule has 2 aromatic carbocycles. The van der Waals surface area contributed by atoms with E-state index >= 15 is 0 Å². The average Bonchev–Trinajstić information content (AvgIpc) is 2.85. The summed E-state index contributed by atoms with van der Waals surface area (Å²) in [4.78, 5) is 22.8. The number of methoxy groups -OCH3 is 1. The molecule has 0 spiro atoms. The molecule has 8 nitrogen and oxygen atoms in total. The number of piperidine rings is 1. The molecule has 0 radical (unpaired) electrons. The Hall–Kier alpha value is -3.86. The highest BCUT2D eigenvalue weighted by Crippen LogP contribution is 2.38. The molecule has 3 aromatic rings. The van der Waals surface area contributed by atoms with Crippen LogP contribution in [-0.4, -0.2) is 54.1 Å². The van der Waals surface area contributed by atoms with E-state index in [0.29, 0.717) is 23.2 Å². The van der Waals surface area contributed by atoms with Crippen LogP contribution in [0.15, 0.2) is 48.7 Å². The molecule has 2 heterocycles. The van der Waals surface area contributed by atoms with Gasteiger partial charge in [-0.05, 0) is 75.8 Å². The van der Waals surface area contributed by atoms with Crippen LogP contribution in [0.2, 0.25) is 0 Å². The number of aromatic nitrogens is 2. The summed E-state index contributed by atoms with van der Waals surface area (Å²) in [5.41, 5.74) is 0.494. The van der Waals surface area contributed by atoms with E-state index in [4.69, 9.17) is 9.47 Å². The van der Waals surface area contributed by atoms with Crippen LogP contribution in [0.5, 0.6) is 17.4 Å². The average molecular weight is 516 g/mol. The Morgan fingerprint density at radius 1 is 1.14 bits per heavy atom. The molecule has 1 saturated heterocycles. The first kappa shape index (κ1) is 26.2. The van der Waals surface area contributed by atoms with Crippen molar-refractivity contribution < 1.29 is 27.4 Å². The number of amides is 1. The first-order chi connectivity index (χ1) is 17.6. The summed E-state index contributed by atoms with van der Waals surface area (Å²) in [7, 11) is 3.48. The van der Waals surface area contributed by atoms with Gasteiger partial charge in [-0.15, -0.1) is 0 Å². The van der Waals surface area contributed by atoms with E-state index in [-0.39, 0.29) is 23.6 Å². The molecule has 1 amide bonds. The van der Waals surface area contributed by atoms with E-state index in [2.05, 4.69) is 25.5 Å². The largest absolute Gasteiger partial charge is 0.495 e. The molecular weight excluding hydrogens is 487 g/mol. The van der Waals surface area contributed by atoms with Gasteiger partial charge in [0.2, 0.25) is 11.8 Å². The third kappa shape index (κ3) is 6.67. The summed E-state index contributed by atoms with van der Waals surface area (Å²) in [6.07, 6.45) is -2.30. The SMILES string of the molecule is COc1cc(C(=O)NC2CCN(C)CC2)ccc1Nc1ncc(C(F)(F)F)c(Oc2cccc(C)c2)n1. The number of carbonyl (C=O) groups excluding carboxylic acids is 1. The first-order valence-corrected chi connectivity index (χ1v) is 11.8. The Bertz CT molecular complexity index is 1260. The van der Waals surface area contributed by atoms with E-state index in [1.54, 1.807) is 49.4 Å². The van der Waals surface area contributed by atoms with Gasteiger partial charge in [-0.2, -0.15) is 18.2 Å². The normalized spacial score (nSPS) is 14.8. The van der Waals surface area contributed by atoms with Gasteiger partial charge in [0, 0.05) is 17.8 Å². The zero-order valence-electron chi connectivity index (χ0n) is 20.7. The second kappa shape index (κ2) is 11.0. The summed E-state index contributed by atoms with van der Waals surface area (Å²) >= 11 is 0. The highest BCUT2D eigenvalue weighted by atomic mass is 19.4. The Kier molecular flexibility index (Phi) is 7.82. The molecule has 37 heavy (non-hydrogen) atoms. The minimum absolute atomic E-state index is 0.0971. The topological polar surface area (TPSA) is 88.6 Å². The molecule has 1 fully saturated rings. The summed E-state index contributed by atoms with van der Waals surface area (Å²) in [5.74, 6) is -0.464. The van der Waals surface area contributed by atoms with Crippen molar-refractivity contribution >= 4 is 17.5 Å². The number of alkyl halides is 3. The van der Waals surface area contributed by atoms with Crippen LogP contribution in [0.3, 0.4) is 0 Å². The van der Waals surface area contributed by atoms with Crippen molar-refractivity contribution in [1.82, 2.24) is 20.2 Å². The predicted molar refractivity (Wildman–Crippen MR) is 133 cm³/mol. The molecule has 2 N–H and O–H groups in total. The van der Waals surface area contributed by atoms with Crippen LogP contribution in [0.1, 0.15) is 34.3 Å². The van der Waals surface area contributed by atoms with Crippen molar-refractivity contribution in [2.45, 2.75) is 32.0 Å². The van der Waals surface area contributed by atoms with Gasteiger partial charge in [-0.1, -0.05) is 12.1 Å². The maximum atomic E-state index is 13.6. The number of rotatable bonds is 7. The molecule has 11 heteroatoms. The van der Waals surface area contributed by atoms with E-state index in [9.17, 15) is 18.0 Å². The molecule has 196 valence electrons. The summed E-state index contributed by atoms with van der Waals surface area (Å²) < 4.78 is 51.6. The summed E-state index contributed by atoms with van der Waals surface area (Å²) in [6, 6.07) is 11.5. The van der Waals surface area contributed by atoms with Crippen LogP contribution in [0, 0.1) is 6.92 Å². The second-order valence-electron chi connectivity index (χ2n) is 8.92. The molecule has 1 aliphatic rings. The molecule has 0 aliphatic carbocycles. The molecule has 1 aromatic heterocycles. The van der Waals surface area contributed by atoms with Crippen molar-refractivity contribution in [2.24, 2.45) is 0 Å². The highest BCUT2D eigenvalue weighted by molar-refractivity contribution is 5.95. The van der Waals surface area contributed by atoms with E-state index in [1.807, 2.05) is 7.05 Å². The Morgan fingerprint density at radius 3 is 2.57 bits per heavy atom. The van der Waals surface area contributed by atoms with Gasteiger partial charge < -0.3 is 25.0 Å². The molecular formula is C26H28F3N5O3. The van der Waals surface area contributed by atoms with Crippen molar-refractivity contribution in [3.05, 3.63) is 65.4 Å². The highest BCUT2D eigenvalue weighted by Gasteiger charge is 2.36. The number of hydrogen-bond donors (Lipinski definition) is 2. The molecule has 0 unspecified atom stereocenters. The molecule has 0 saturated carbocycles. The zero-order chi connectivity index (χ0) is 26.6. The molecule has 0 atom stereocenters. The van der Waals surface area contributed by atoms with Crippen LogP contribution in [0.4, 0.5) is 24.8 Å². The number of ether oxygens (including phenoxy) is 2. The van der Waals surface area contributed by atoms with Gasteiger partial charge in [-0.25, -0.2) is 4.98 Å². The quantitative estimate of drug-likeness (QED) is 0.449. The lowest BCUT2D eigenvalue weighted by molar-refractivity contribution is -0.139. The van der Waals surface area contributed by atoms with E-state index in [1.165, 1.54) is 7.11 Å². The third-order valence-corrected chi connectivity index (χ3v) is 6.03. The zero-order valence-corrected chi connectivity index (χ0v) is 20.7. The fraction of sp³-hybridized carbons (Fsp3) is 0.346. The maximum absolute atomic E-state index is 13.6. The van der Waals surface area contributed by atoms with Gasteiger partial charge in [-0.3, -0.25) is 4.79 Å². The smallest absolute Gasteiger partial charge is 0.423 e. The van der Waals surface area contributed by atoms with Crippen molar-refractivity contribution in [1.29, 1.82) is 0 Å². The number of benzene rings is 2. The van der Waals surface area contributed by atoms with Crippen LogP contribution < -0.4 is 20.1 Å². The standard InChI is InChI=1S/C26H28F3N5O3/c1-16-5-4-6-19(13-16)37-24-20(26(27,28)29)15-30-25(33-24)32-21-8-7-17(14-22(21)36-3)23(35)31-18-9-11-34(2)12-10-18/h4-8,13-15,18H,9-12H2,1-3H3,(H,31,35)(H,30,32,33). The predicted octanol–water partition coefficient (Wildman–Crippen LogP) is 5.17. The summed E-state index contributed by atoms with van der Waals surface area (Å²) in [6.45, 7) is 3.63. The monoisotopic (exact) mass is 515 g/mol. The van der Waals surface area contributed by atoms with Crippen molar-refractivity contribution in [3.63, 3.8) is 0 Å². The van der Waals surface area contributed by atoms with Gasteiger partial charge in [0.15, 0.2) is 0 Å². The molecule has 1 aliphatic heterocycles. The van der Waals surface area contributed by atoms with Crippen molar-refractivity contribution in [3.8, 4) is 17.4 Å². The molecule has 4 rings (SSSR count). The second-order valence-corrected chi connectivity index (χ2v) is 8.92. The lowest BCUT2D eigenvalue weighted by Gasteiger charge is -2.29. The number of aryl methyl sites for hydroxylation is 1. The lowest BCUT2D eigenvalue weighted by Crippen LogP contribution is -2.43. The van der Waals surface area contributed by atoms with Gasteiger partial charge in [0.25, 0.3) is 5.91 Å². The summed E-state index contributed by atoms with van der Waals surface area (Å²) in [5, 5.41) is 5.90. The third-order valence-electron chi connectivity index (χ3n) is 6.03. The van der Waals surface area contributed by atoms with E-state index in [0.717, 1.165) is 31.5 Å². The number of carbonyl (C=O) groups is 1. The first-order valence-electron chi connectivity index (χ1n) is 11.8. The minimum Gasteiger partial charge on any atom is -0.495 e. The van der Waals surface area contributed by atoms with Gasteiger partial charge >= 0.3 is 6.18 Å². The van der Waals surface area contributed by atoms with Crippen LogP contribution >= 0.6 is 0 Å². The fourth-order valence-corrected chi connectivity index (χ4v) is 3.97. The Labute approximate surface area is 212 Å². The van der Waals surface area contributed by atoms with Crippen LogP contribution in [0.25, 0.3) is 0 Å². The number of nitrogens with zero attached hydrogens (tertiary/aromatic N) is 3. The number of hydrogen-bond acceptors (Lipinski definition) is 7. The number of likely N-dealkylation sites (tertiary alicyclic amines) is 1. The number of nitrogens with one attached hydrogen (secondary N) is 2.